The van der Waals surface area contributed by atoms with Crippen LogP contribution in [0.4, 0.5) is 0 Å². The van der Waals surface area contributed by atoms with Gasteiger partial charge in [-0.15, -0.1) is 142 Å². The Bertz CT molecular complexity index is 2840. The van der Waals surface area contributed by atoms with Crippen LogP contribution in [0.5, 0.6) is 0 Å². The van der Waals surface area contributed by atoms with Gasteiger partial charge in [0.15, 0.2) is 0 Å². The van der Waals surface area contributed by atoms with E-state index >= 15 is 0 Å². The number of benzene rings is 4. The smallest absolute Gasteiger partial charge is 0.0889 e. The molecule has 6 heterocycles. The summed E-state index contributed by atoms with van der Waals surface area (Å²) in [6.45, 7) is 31.0. The van der Waals surface area contributed by atoms with Crippen molar-refractivity contribution in [3.05, 3.63) is 278 Å². The SMILES string of the molecule is CC(C)(C)c1ccnc(-c2cc(C(C)(C)C)ccn2)c1.Cc1c[c-]c(-c2ccccn2)cc1.Cc1c[c-]c(-c2ccccn2)cc1.Cc1c[c-]c(-c2ccccn2)cc1.Cc1c[c-]c(-c2ccccn2)cc1.[C-]#N.[C-]#N.[Ir].[Ir]. The Morgan fingerprint density at radius 1 is 0.308 bits per heavy atom. The van der Waals surface area contributed by atoms with Crippen molar-refractivity contribution in [1.82, 2.24) is 29.9 Å². The third-order valence-corrected chi connectivity index (χ3v) is 11.2. The first-order valence-corrected chi connectivity index (χ1v) is 24.6. The van der Waals surface area contributed by atoms with Gasteiger partial charge in [-0.05, 0) is 93.3 Å². The Morgan fingerprint density at radius 3 is 0.718 bits per heavy atom. The number of rotatable bonds is 5. The third kappa shape index (κ3) is 22.7. The molecular weight excluding hydrogens is 1310 g/mol. The van der Waals surface area contributed by atoms with Crippen LogP contribution in [-0.4, -0.2) is 29.9 Å². The van der Waals surface area contributed by atoms with Gasteiger partial charge in [0, 0.05) is 77.4 Å². The number of hydrogen-bond donors (Lipinski definition) is 0. The Balaban J connectivity index is 0.000000329. The minimum Gasteiger partial charge on any atom is -0.512 e. The van der Waals surface area contributed by atoms with Crippen molar-refractivity contribution in [2.45, 2.75) is 80.1 Å². The molecule has 6 aromatic heterocycles. The van der Waals surface area contributed by atoms with Gasteiger partial charge in [-0.3, -0.25) is 9.97 Å². The summed E-state index contributed by atoms with van der Waals surface area (Å²) >= 11 is 0. The maximum atomic E-state index is 6.25. The zero-order valence-corrected chi connectivity index (χ0v) is 50.7. The van der Waals surface area contributed by atoms with E-state index in [0.29, 0.717) is 0 Å². The molecule has 10 aromatic rings. The van der Waals surface area contributed by atoms with E-state index in [0.717, 1.165) is 56.4 Å². The van der Waals surface area contributed by atoms with Crippen LogP contribution in [0.1, 0.15) is 74.9 Å². The molecule has 78 heavy (non-hydrogen) atoms. The van der Waals surface area contributed by atoms with Gasteiger partial charge in [0.2, 0.25) is 0 Å². The Labute approximate surface area is 491 Å². The number of hydrogen-bond acceptors (Lipinski definition) is 8. The van der Waals surface area contributed by atoms with Crippen LogP contribution >= 0.6 is 0 Å². The van der Waals surface area contributed by atoms with E-state index in [-0.39, 0.29) is 51.0 Å². The quantitative estimate of drug-likeness (QED) is 0.156. The van der Waals surface area contributed by atoms with E-state index < -0.39 is 0 Å². The number of nitrogens with zero attached hydrogens (tertiary/aromatic N) is 8. The fraction of sp³-hybridized carbons (Fsp3) is 0.176. The fourth-order valence-corrected chi connectivity index (χ4v) is 6.81. The van der Waals surface area contributed by atoms with Gasteiger partial charge >= 0.3 is 0 Å². The molecule has 0 atom stereocenters. The molecule has 0 fully saturated rings. The zero-order chi connectivity index (χ0) is 55.4. The molecule has 2 radical (unpaired) electrons. The number of aromatic nitrogens is 6. The minimum absolute atomic E-state index is 0. The van der Waals surface area contributed by atoms with Crippen molar-refractivity contribution in [2.24, 2.45) is 0 Å². The second-order valence-electron chi connectivity index (χ2n) is 19.3. The van der Waals surface area contributed by atoms with Crippen LogP contribution in [0, 0.1) is 75.6 Å². The molecule has 0 aliphatic heterocycles. The second-order valence-corrected chi connectivity index (χ2v) is 19.3. The van der Waals surface area contributed by atoms with Gasteiger partial charge < -0.3 is 43.6 Å². The van der Waals surface area contributed by atoms with Crippen LogP contribution < -0.4 is 0 Å². The van der Waals surface area contributed by atoms with Gasteiger partial charge in [0.05, 0.1) is 11.4 Å². The minimum atomic E-state index is 0. The first-order chi connectivity index (χ1) is 36.6. The molecule has 8 nitrogen and oxygen atoms in total. The van der Waals surface area contributed by atoms with Crippen LogP contribution in [0.15, 0.2) is 207 Å². The normalized spacial score (nSPS) is 9.87. The molecule has 0 saturated heterocycles. The molecule has 10 heteroatoms. The van der Waals surface area contributed by atoms with Gasteiger partial charge in [0.25, 0.3) is 0 Å². The van der Waals surface area contributed by atoms with Crippen LogP contribution in [0.25, 0.3) is 56.4 Å². The maximum absolute atomic E-state index is 6.25. The summed E-state index contributed by atoms with van der Waals surface area (Å²) in [5.74, 6) is 0. The molecule has 10 rings (SSSR count). The summed E-state index contributed by atoms with van der Waals surface area (Å²) < 4.78 is 0. The molecule has 0 unspecified atom stereocenters. The molecule has 0 N–H and O–H groups in total. The molecule has 4 aromatic carbocycles. The van der Waals surface area contributed by atoms with Crippen LogP contribution in [-0.2, 0) is 51.0 Å². The summed E-state index contributed by atoms with van der Waals surface area (Å²) in [5, 5.41) is 12.5. The van der Waals surface area contributed by atoms with Crippen molar-refractivity contribution in [2.75, 3.05) is 0 Å². The van der Waals surface area contributed by atoms with E-state index in [1.54, 1.807) is 24.8 Å². The van der Waals surface area contributed by atoms with Crippen LogP contribution in [0.2, 0.25) is 0 Å². The van der Waals surface area contributed by atoms with E-state index in [1.165, 1.54) is 33.4 Å². The average molecular weight is 1380 g/mol. The molecule has 0 aliphatic carbocycles. The topological polar surface area (TPSA) is 125 Å². The second kappa shape index (κ2) is 34.7. The Kier molecular flexibility index (Phi) is 29.4. The van der Waals surface area contributed by atoms with Gasteiger partial charge in [-0.1, -0.05) is 118 Å². The predicted molar refractivity (Wildman–Crippen MR) is 308 cm³/mol. The van der Waals surface area contributed by atoms with Gasteiger partial charge in [0.1, 0.15) is 0 Å². The molecule has 0 bridgehead atoms. The summed E-state index contributed by atoms with van der Waals surface area (Å²) in [6, 6.07) is 69.1. The molecule has 0 aliphatic rings. The van der Waals surface area contributed by atoms with Crippen molar-refractivity contribution in [3.8, 4) is 56.4 Å². The predicted octanol–water partition coefficient (Wildman–Crippen LogP) is 16.4. The molecule has 0 amide bonds. The van der Waals surface area contributed by atoms with Crippen molar-refractivity contribution >= 4 is 0 Å². The number of pyridine rings is 6. The first kappa shape index (κ1) is 66.2. The molecule has 0 saturated carbocycles. The van der Waals surface area contributed by atoms with E-state index in [4.69, 9.17) is 23.7 Å². The largest absolute Gasteiger partial charge is 0.512 e. The van der Waals surface area contributed by atoms with E-state index in [9.17, 15) is 0 Å². The number of aryl methyl sites for hydroxylation is 4. The monoisotopic (exact) mass is 1380 g/mol. The third-order valence-electron chi connectivity index (χ3n) is 11.2. The molecule has 0 spiro atoms. The summed E-state index contributed by atoms with van der Waals surface area (Å²) in [7, 11) is 0. The molecular formula is C68H64Ir2N8-6. The Hall–Kier alpha value is -7.94. The average Bonchev–Trinajstić information content (AvgIpc) is 3.46. The standard InChI is InChI=1S/C18H24N2.4C12H10N.2CN.2Ir/c1-17(2,3)13-7-9-19-15(11-13)16-12-14(8-10-20-16)18(4,5)6;4*1-10-5-7-11(8-6-10)12-4-2-3-9-13-12;2*1-2;;/h7-12H,1-6H3;4*2-7,9H,1H3;;;;/q;6*-1;;. The van der Waals surface area contributed by atoms with Gasteiger partial charge in [-0.2, -0.15) is 0 Å². The van der Waals surface area contributed by atoms with E-state index in [1.807, 2.05) is 134 Å². The molecule has 400 valence electrons. The summed E-state index contributed by atoms with van der Waals surface area (Å²) in [6.07, 6.45) is 10.9. The fourth-order valence-electron chi connectivity index (χ4n) is 6.81. The van der Waals surface area contributed by atoms with Crippen LogP contribution in [0.3, 0.4) is 0 Å². The van der Waals surface area contributed by atoms with Crippen molar-refractivity contribution in [1.29, 1.82) is 10.5 Å². The van der Waals surface area contributed by atoms with Crippen molar-refractivity contribution < 1.29 is 40.2 Å². The maximum Gasteiger partial charge on any atom is 0.0889 e. The summed E-state index contributed by atoms with van der Waals surface area (Å²) in [4.78, 5) is 26.0. The summed E-state index contributed by atoms with van der Waals surface area (Å²) in [5.41, 5.74) is 17.7. The first-order valence-electron chi connectivity index (χ1n) is 24.6. The Morgan fingerprint density at radius 2 is 0.538 bits per heavy atom. The van der Waals surface area contributed by atoms with E-state index in [2.05, 4.69) is 172 Å². The van der Waals surface area contributed by atoms with Gasteiger partial charge in [-0.25, -0.2) is 0 Å². The zero-order valence-electron chi connectivity index (χ0n) is 45.9. The van der Waals surface area contributed by atoms with Crippen molar-refractivity contribution in [3.63, 3.8) is 0 Å².